The van der Waals surface area contributed by atoms with Crippen LogP contribution in [0.25, 0.3) is 0 Å². The van der Waals surface area contributed by atoms with Gasteiger partial charge in [0.1, 0.15) is 11.2 Å². The number of carboxylic acid groups (broad SMARTS) is 1. The first-order valence-corrected chi connectivity index (χ1v) is 6.51. The molecule has 0 aliphatic heterocycles. The molecule has 1 saturated carbocycles. The SMILES string of the molecule is Cc1cc(C(=O)N(C)C2(C(=O)O)CCCCC2)n[nH]1. The number of hydrogen-bond acceptors (Lipinski definition) is 3. The Hall–Kier alpha value is -1.85. The van der Waals surface area contributed by atoms with Crippen molar-refractivity contribution in [2.24, 2.45) is 0 Å². The number of carboxylic acids is 1. The molecule has 1 aliphatic rings. The smallest absolute Gasteiger partial charge is 0.329 e. The van der Waals surface area contributed by atoms with Gasteiger partial charge in [0.2, 0.25) is 0 Å². The number of hydrogen-bond donors (Lipinski definition) is 2. The molecule has 0 radical (unpaired) electrons. The maximum atomic E-state index is 12.3. The van der Waals surface area contributed by atoms with Gasteiger partial charge in [0.05, 0.1) is 0 Å². The molecule has 1 aromatic heterocycles. The van der Waals surface area contributed by atoms with Gasteiger partial charge in [0, 0.05) is 12.7 Å². The van der Waals surface area contributed by atoms with E-state index in [-0.39, 0.29) is 11.6 Å². The Labute approximate surface area is 111 Å². The molecule has 6 nitrogen and oxygen atoms in total. The van der Waals surface area contributed by atoms with Crippen LogP contribution in [0, 0.1) is 6.92 Å². The van der Waals surface area contributed by atoms with Crippen molar-refractivity contribution in [2.45, 2.75) is 44.6 Å². The standard InChI is InChI=1S/C13H19N3O3/c1-9-8-10(15-14-9)11(17)16(2)13(12(18)19)6-4-3-5-7-13/h8H,3-7H2,1-2H3,(H,14,15)(H,18,19). The molecular formula is C13H19N3O3. The van der Waals surface area contributed by atoms with Gasteiger partial charge in [-0.05, 0) is 25.8 Å². The Morgan fingerprint density at radius 1 is 1.37 bits per heavy atom. The number of nitrogens with zero attached hydrogens (tertiary/aromatic N) is 2. The Kier molecular flexibility index (Phi) is 3.59. The van der Waals surface area contributed by atoms with Crippen molar-refractivity contribution in [3.05, 3.63) is 17.5 Å². The first kappa shape index (κ1) is 13.6. The minimum absolute atomic E-state index is 0.270. The molecule has 19 heavy (non-hydrogen) atoms. The van der Waals surface area contributed by atoms with Crippen molar-refractivity contribution in [1.29, 1.82) is 0 Å². The molecule has 104 valence electrons. The molecule has 0 atom stereocenters. The Morgan fingerprint density at radius 2 is 2.00 bits per heavy atom. The fraction of sp³-hybridized carbons (Fsp3) is 0.615. The molecule has 6 heteroatoms. The topological polar surface area (TPSA) is 86.3 Å². The summed E-state index contributed by atoms with van der Waals surface area (Å²) in [6, 6.07) is 1.64. The van der Waals surface area contributed by atoms with Gasteiger partial charge >= 0.3 is 5.97 Å². The van der Waals surface area contributed by atoms with Crippen molar-refractivity contribution < 1.29 is 14.7 Å². The molecule has 0 unspecified atom stereocenters. The normalized spacial score (nSPS) is 18.0. The number of aromatic nitrogens is 2. The van der Waals surface area contributed by atoms with Gasteiger partial charge in [0.25, 0.3) is 5.91 Å². The zero-order valence-corrected chi connectivity index (χ0v) is 11.3. The predicted octanol–water partition coefficient (Wildman–Crippen LogP) is 1.58. The highest BCUT2D eigenvalue weighted by molar-refractivity contribution is 5.96. The van der Waals surface area contributed by atoms with Gasteiger partial charge < -0.3 is 10.0 Å². The van der Waals surface area contributed by atoms with Crippen LogP contribution in [-0.2, 0) is 4.79 Å². The summed E-state index contributed by atoms with van der Waals surface area (Å²) in [6.07, 6.45) is 3.72. The third-order valence-corrected chi connectivity index (χ3v) is 3.95. The summed E-state index contributed by atoms with van der Waals surface area (Å²) < 4.78 is 0. The molecule has 2 N–H and O–H groups in total. The van der Waals surface area contributed by atoms with Crippen LogP contribution in [0.1, 0.15) is 48.3 Å². The van der Waals surface area contributed by atoms with Crippen LogP contribution in [0.15, 0.2) is 6.07 Å². The monoisotopic (exact) mass is 265 g/mol. The van der Waals surface area contributed by atoms with Crippen LogP contribution in [0.3, 0.4) is 0 Å². The van der Waals surface area contributed by atoms with E-state index in [9.17, 15) is 14.7 Å². The molecule has 0 spiro atoms. The van der Waals surface area contributed by atoms with E-state index in [1.54, 1.807) is 20.0 Å². The third kappa shape index (κ3) is 2.34. The van der Waals surface area contributed by atoms with Crippen molar-refractivity contribution in [1.82, 2.24) is 15.1 Å². The van der Waals surface area contributed by atoms with Gasteiger partial charge in [-0.3, -0.25) is 9.89 Å². The van der Waals surface area contributed by atoms with Gasteiger partial charge in [-0.2, -0.15) is 5.10 Å². The molecule has 0 aromatic carbocycles. The van der Waals surface area contributed by atoms with E-state index in [1.165, 1.54) is 4.90 Å². The van der Waals surface area contributed by atoms with E-state index in [2.05, 4.69) is 10.2 Å². The highest BCUT2D eigenvalue weighted by Crippen LogP contribution is 2.34. The maximum absolute atomic E-state index is 12.3. The third-order valence-electron chi connectivity index (χ3n) is 3.95. The lowest BCUT2D eigenvalue weighted by Gasteiger charge is -2.40. The zero-order valence-electron chi connectivity index (χ0n) is 11.3. The second-order valence-corrected chi connectivity index (χ2v) is 5.20. The van der Waals surface area contributed by atoms with Crippen molar-refractivity contribution in [3.63, 3.8) is 0 Å². The van der Waals surface area contributed by atoms with Crippen molar-refractivity contribution >= 4 is 11.9 Å². The summed E-state index contributed by atoms with van der Waals surface area (Å²) >= 11 is 0. The fourth-order valence-corrected chi connectivity index (χ4v) is 2.72. The van der Waals surface area contributed by atoms with Crippen LogP contribution in [0.5, 0.6) is 0 Å². The lowest BCUT2D eigenvalue weighted by atomic mass is 9.80. The fourth-order valence-electron chi connectivity index (χ4n) is 2.72. The number of nitrogens with one attached hydrogen (secondary N) is 1. The van der Waals surface area contributed by atoms with E-state index in [1.807, 2.05) is 0 Å². The summed E-state index contributed by atoms with van der Waals surface area (Å²) in [7, 11) is 1.56. The number of aliphatic carboxylic acids is 1. The van der Waals surface area contributed by atoms with Gasteiger partial charge in [-0.25, -0.2) is 4.79 Å². The molecule has 2 rings (SSSR count). The lowest BCUT2D eigenvalue weighted by Crippen LogP contribution is -2.56. The zero-order chi connectivity index (χ0) is 14.0. The van der Waals surface area contributed by atoms with E-state index >= 15 is 0 Å². The van der Waals surface area contributed by atoms with E-state index in [0.29, 0.717) is 12.8 Å². The average molecular weight is 265 g/mol. The summed E-state index contributed by atoms with van der Waals surface area (Å²) in [5.41, 5.74) is -0.0293. The molecule has 0 bridgehead atoms. The molecule has 1 fully saturated rings. The minimum Gasteiger partial charge on any atom is -0.479 e. The first-order valence-electron chi connectivity index (χ1n) is 6.51. The van der Waals surface area contributed by atoms with Gasteiger partial charge in [0.15, 0.2) is 0 Å². The van der Waals surface area contributed by atoms with Crippen LogP contribution in [-0.4, -0.2) is 44.7 Å². The van der Waals surface area contributed by atoms with E-state index in [0.717, 1.165) is 25.0 Å². The number of amides is 1. The number of carbonyl (C=O) groups excluding carboxylic acids is 1. The summed E-state index contributed by atoms with van der Waals surface area (Å²) in [6.45, 7) is 1.80. The summed E-state index contributed by atoms with van der Waals surface area (Å²) in [4.78, 5) is 25.3. The Bertz CT molecular complexity index is 489. The molecule has 1 aliphatic carbocycles. The number of carbonyl (C=O) groups is 2. The van der Waals surface area contributed by atoms with E-state index < -0.39 is 11.5 Å². The maximum Gasteiger partial charge on any atom is 0.329 e. The number of aromatic amines is 1. The number of rotatable bonds is 3. The van der Waals surface area contributed by atoms with Crippen LogP contribution in [0.4, 0.5) is 0 Å². The molecule has 1 aromatic rings. The van der Waals surface area contributed by atoms with Crippen LogP contribution >= 0.6 is 0 Å². The largest absolute Gasteiger partial charge is 0.479 e. The highest BCUT2D eigenvalue weighted by atomic mass is 16.4. The van der Waals surface area contributed by atoms with Crippen molar-refractivity contribution in [2.75, 3.05) is 7.05 Å². The lowest BCUT2D eigenvalue weighted by molar-refractivity contribution is -0.151. The first-order chi connectivity index (χ1) is 8.97. The quantitative estimate of drug-likeness (QED) is 0.868. The Balaban J connectivity index is 2.27. The predicted molar refractivity (Wildman–Crippen MR) is 68.9 cm³/mol. The van der Waals surface area contributed by atoms with Crippen LogP contribution in [0.2, 0.25) is 0 Å². The second kappa shape index (κ2) is 5.03. The highest BCUT2D eigenvalue weighted by Gasteiger charge is 2.45. The summed E-state index contributed by atoms with van der Waals surface area (Å²) in [5, 5.41) is 16.2. The number of aryl methyl sites for hydroxylation is 1. The average Bonchev–Trinajstić information content (AvgIpc) is 2.84. The van der Waals surface area contributed by atoms with Gasteiger partial charge in [-0.15, -0.1) is 0 Å². The molecule has 0 saturated heterocycles. The Morgan fingerprint density at radius 3 is 2.47 bits per heavy atom. The van der Waals surface area contributed by atoms with Gasteiger partial charge in [-0.1, -0.05) is 19.3 Å². The second-order valence-electron chi connectivity index (χ2n) is 5.20. The molecular weight excluding hydrogens is 246 g/mol. The summed E-state index contributed by atoms with van der Waals surface area (Å²) in [5.74, 6) is -1.26. The number of H-pyrrole nitrogens is 1. The minimum atomic E-state index is -1.08. The van der Waals surface area contributed by atoms with Crippen molar-refractivity contribution in [3.8, 4) is 0 Å². The van der Waals surface area contributed by atoms with E-state index in [4.69, 9.17) is 0 Å². The van der Waals surface area contributed by atoms with Crippen LogP contribution < -0.4 is 0 Å². The molecule has 1 heterocycles. The number of likely N-dealkylation sites (N-methyl/N-ethyl adjacent to an activating group) is 1. The molecule has 1 amide bonds.